The van der Waals surface area contributed by atoms with E-state index in [-0.39, 0.29) is 17.1 Å². The summed E-state index contributed by atoms with van der Waals surface area (Å²) in [5.74, 6) is 0.0205. The molecule has 0 unspecified atom stereocenters. The molecule has 0 spiro atoms. The van der Waals surface area contributed by atoms with Crippen LogP contribution in [-0.2, 0) is 21.4 Å². The first-order valence-electron chi connectivity index (χ1n) is 8.86. The summed E-state index contributed by atoms with van der Waals surface area (Å²) < 4.78 is 37.9. The molecule has 4 rings (SSSR count). The zero-order valence-electron chi connectivity index (χ0n) is 15.5. The van der Waals surface area contributed by atoms with Gasteiger partial charge in [-0.25, -0.2) is 13.2 Å². The minimum Gasteiger partial charge on any atom is -0.455 e. The van der Waals surface area contributed by atoms with Crippen molar-refractivity contribution in [2.24, 2.45) is 0 Å². The zero-order valence-corrected chi connectivity index (χ0v) is 17.2. The van der Waals surface area contributed by atoms with E-state index in [0.717, 1.165) is 4.88 Å². The van der Waals surface area contributed by atoms with Crippen LogP contribution >= 0.6 is 11.3 Å². The highest BCUT2D eigenvalue weighted by molar-refractivity contribution is 7.92. The lowest BCUT2D eigenvalue weighted by Gasteiger charge is -2.08. The first kappa shape index (κ1) is 19.9. The number of sulfonamides is 1. The zero-order chi connectivity index (χ0) is 21.0. The maximum absolute atomic E-state index is 12.4. The number of nitrogens with one attached hydrogen (secondary N) is 1. The van der Waals surface area contributed by atoms with Crippen LogP contribution in [0.1, 0.15) is 16.1 Å². The molecule has 0 saturated carbocycles. The molecule has 1 N–H and O–H groups in total. The van der Waals surface area contributed by atoms with Gasteiger partial charge < -0.3 is 9.26 Å². The van der Waals surface area contributed by atoms with Gasteiger partial charge in [-0.1, -0.05) is 29.4 Å². The predicted molar refractivity (Wildman–Crippen MR) is 113 cm³/mol. The Morgan fingerprint density at radius 2 is 1.80 bits per heavy atom. The number of ether oxygens (including phenoxy) is 1. The second-order valence-corrected chi connectivity index (χ2v) is 8.86. The number of para-hydroxylation sites is 1. The summed E-state index contributed by atoms with van der Waals surface area (Å²) in [4.78, 5) is 13.2. The van der Waals surface area contributed by atoms with Crippen LogP contribution in [0.3, 0.4) is 0 Å². The first-order valence-corrected chi connectivity index (χ1v) is 11.2. The number of carbonyl (C=O) groups excluding carboxylic acids is 1. The van der Waals surface area contributed by atoms with Crippen molar-refractivity contribution in [2.75, 3.05) is 4.72 Å². The third kappa shape index (κ3) is 4.58. The number of anilines is 1. The highest BCUT2D eigenvalue weighted by Gasteiger charge is 2.16. The monoisotopic (exact) mass is 440 g/mol. The number of hydrogen-bond acceptors (Lipinski definition) is 7. The van der Waals surface area contributed by atoms with E-state index in [9.17, 15) is 13.2 Å². The molecular weight excluding hydrogens is 424 g/mol. The number of carbonyl (C=O) groups is 1. The molecule has 0 fully saturated rings. The number of hydrogen-bond donors (Lipinski definition) is 1. The van der Waals surface area contributed by atoms with Crippen LogP contribution in [0.15, 0.2) is 87.6 Å². The van der Waals surface area contributed by atoms with Gasteiger partial charge in [-0.2, -0.15) is 0 Å². The lowest BCUT2D eigenvalue weighted by molar-refractivity contribution is 0.0464. The predicted octanol–water partition coefficient (Wildman–Crippen LogP) is 4.56. The third-order valence-electron chi connectivity index (χ3n) is 4.10. The highest BCUT2D eigenvalue weighted by Crippen LogP contribution is 2.25. The molecule has 0 amide bonds. The Morgan fingerprint density at radius 3 is 2.50 bits per heavy atom. The van der Waals surface area contributed by atoms with E-state index in [2.05, 4.69) is 9.88 Å². The Morgan fingerprint density at radius 1 is 1.03 bits per heavy atom. The fourth-order valence-corrected chi connectivity index (χ4v) is 4.36. The average molecular weight is 441 g/mol. The van der Waals surface area contributed by atoms with Gasteiger partial charge in [0.1, 0.15) is 12.3 Å². The summed E-state index contributed by atoms with van der Waals surface area (Å²) in [5, 5.41) is 5.82. The first-order chi connectivity index (χ1) is 14.5. The average Bonchev–Trinajstić information content (AvgIpc) is 3.44. The van der Waals surface area contributed by atoms with Crippen molar-refractivity contribution in [1.29, 1.82) is 0 Å². The minimum atomic E-state index is -3.75. The number of benzene rings is 2. The maximum Gasteiger partial charge on any atom is 0.338 e. The summed E-state index contributed by atoms with van der Waals surface area (Å²) in [5.41, 5.74) is 1.17. The van der Waals surface area contributed by atoms with Crippen LogP contribution in [0.4, 0.5) is 5.69 Å². The molecule has 0 aliphatic carbocycles. The Labute approximate surface area is 177 Å². The van der Waals surface area contributed by atoms with E-state index < -0.39 is 16.0 Å². The van der Waals surface area contributed by atoms with E-state index >= 15 is 0 Å². The van der Waals surface area contributed by atoms with Crippen LogP contribution in [0, 0.1) is 0 Å². The molecule has 2 aromatic carbocycles. The standard InChI is InChI=1S/C21H16N2O5S2/c24-21(27-14-17-13-19(28-22-17)20-7-4-12-29-20)15-8-10-18(11-9-15)30(25,26)23-16-5-2-1-3-6-16/h1-13,23H,14H2. The molecule has 7 nitrogen and oxygen atoms in total. The Kier molecular flexibility index (Phi) is 5.64. The van der Waals surface area contributed by atoms with Crippen LogP contribution in [0.25, 0.3) is 10.6 Å². The van der Waals surface area contributed by atoms with Crippen LogP contribution in [0.5, 0.6) is 0 Å². The van der Waals surface area contributed by atoms with Gasteiger partial charge >= 0.3 is 5.97 Å². The Bertz CT molecular complexity index is 1230. The molecule has 30 heavy (non-hydrogen) atoms. The van der Waals surface area contributed by atoms with Gasteiger partial charge in [0.15, 0.2) is 5.76 Å². The molecule has 0 aliphatic rings. The maximum atomic E-state index is 12.4. The van der Waals surface area contributed by atoms with Crippen molar-refractivity contribution in [1.82, 2.24) is 5.16 Å². The summed E-state index contributed by atoms with van der Waals surface area (Å²) in [6, 6.07) is 19.6. The molecule has 152 valence electrons. The van der Waals surface area contributed by atoms with Crippen molar-refractivity contribution in [2.45, 2.75) is 11.5 Å². The fourth-order valence-electron chi connectivity index (χ4n) is 2.63. The molecule has 2 aromatic heterocycles. The number of aromatic nitrogens is 1. The van der Waals surface area contributed by atoms with Crippen molar-refractivity contribution in [3.63, 3.8) is 0 Å². The minimum absolute atomic E-state index is 0.0417. The number of rotatable bonds is 7. The highest BCUT2D eigenvalue weighted by atomic mass is 32.2. The summed E-state index contributed by atoms with van der Waals surface area (Å²) in [6.07, 6.45) is 0. The van der Waals surface area contributed by atoms with Crippen LogP contribution in [0.2, 0.25) is 0 Å². The molecule has 2 heterocycles. The Balaban J connectivity index is 1.38. The van der Waals surface area contributed by atoms with Crippen molar-refractivity contribution < 1.29 is 22.5 Å². The van der Waals surface area contributed by atoms with Crippen molar-refractivity contribution in [3.8, 4) is 10.6 Å². The van der Waals surface area contributed by atoms with Gasteiger partial charge in [0.2, 0.25) is 0 Å². The van der Waals surface area contributed by atoms with E-state index in [0.29, 0.717) is 17.1 Å². The fraction of sp³-hybridized carbons (Fsp3) is 0.0476. The largest absolute Gasteiger partial charge is 0.455 e. The Hall–Kier alpha value is -3.43. The number of thiophene rings is 1. The van der Waals surface area contributed by atoms with Crippen LogP contribution < -0.4 is 4.72 Å². The molecule has 0 atom stereocenters. The smallest absolute Gasteiger partial charge is 0.338 e. The second kappa shape index (κ2) is 8.52. The lowest BCUT2D eigenvalue weighted by Crippen LogP contribution is -2.13. The van der Waals surface area contributed by atoms with Crippen molar-refractivity contribution >= 4 is 33.0 Å². The van der Waals surface area contributed by atoms with E-state index in [1.165, 1.54) is 35.6 Å². The van der Waals surface area contributed by atoms with Gasteiger partial charge in [0.05, 0.1) is 15.3 Å². The molecule has 0 bridgehead atoms. The molecule has 4 aromatic rings. The second-order valence-electron chi connectivity index (χ2n) is 6.23. The van der Waals surface area contributed by atoms with E-state index in [1.54, 1.807) is 36.4 Å². The third-order valence-corrected chi connectivity index (χ3v) is 6.38. The van der Waals surface area contributed by atoms with Crippen LogP contribution in [-0.4, -0.2) is 19.5 Å². The van der Waals surface area contributed by atoms with E-state index in [4.69, 9.17) is 9.26 Å². The van der Waals surface area contributed by atoms with E-state index in [1.807, 2.05) is 17.5 Å². The quantitative estimate of drug-likeness (QED) is 0.423. The number of nitrogens with zero attached hydrogens (tertiary/aromatic N) is 1. The normalized spacial score (nSPS) is 11.2. The molecule has 0 aliphatic heterocycles. The topological polar surface area (TPSA) is 98.5 Å². The lowest BCUT2D eigenvalue weighted by atomic mass is 10.2. The number of esters is 1. The van der Waals surface area contributed by atoms with Gasteiger partial charge in [0.25, 0.3) is 10.0 Å². The van der Waals surface area contributed by atoms with Gasteiger partial charge in [-0.3, -0.25) is 4.72 Å². The molecular formula is C21H16N2O5S2. The molecule has 0 radical (unpaired) electrons. The molecule has 9 heteroatoms. The van der Waals surface area contributed by atoms with Crippen molar-refractivity contribution in [3.05, 3.63) is 89.4 Å². The van der Waals surface area contributed by atoms with Gasteiger partial charge in [-0.15, -0.1) is 11.3 Å². The SMILES string of the molecule is O=C(OCc1cc(-c2cccs2)on1)c1ccc(S(=O)(=O)Nc2ccccc2)cc1. The summed E-state index contributed by atoms with van der Waals surface area (Å²) >= 11 is 1.52. The summed E-state index contributed by atoms with van der Waals surface area (Å²) in [7, 11) is -3.75. The summed E-state index contributed by atoms with van der Waals surface area (Å²) in [6.45, 7) is -0.0523. The van der Waals surface area contributed by atoms with Gasteiger partial charge in [-0.05, 0) is 47.8 Å². The van der Waals surface area contributed by atoms with Gasteiger partial charge in [0, 0.05) is 11.8 Å². The molecule has 0 saturated heterocycles.